The number of carbonyl (C=O) groups excluding carboxylic acids is 3. The quantitative estimate of drug-likeness (QED) is 0.302. The van der Waals surface area contributed by atoms with Gasteiger partial charge in [0.15, 0.2) is 0 Å². The SMILES string of the molecule is CCCCCCCCN(C(=O)C(CO)NC(=O)OC(C)(C)C)C(C(=O)NC(C)C)c1c(C)cccc1C. The van der Waals surface area contributed by atoms with E-state index in [0.717, 1.165) is 48.8 Å². The summed E-state index contributed by atoms with van der Waals surface area (Å²) in [6.45, 7) is 14.6. The highest BCUT2D eigenvalue weighted by Crippen LogP contribution is 2.29. The molecule has 1 rings (SSSR count). The van der Waals surface area contributed by atoms with Crippen LogP contribution in [-0.2, 0) is 14.3 Å². The average Bonchev–Trinajstić information content (AvgIpc) is 2.78. The molecule has 0 aliphatic rings. The van der Waals surface area contributed by atoms with Crippen molar-refractivity contribution in [1.82, 2.24) is 15.5 Å². The molecule has 0 bridgehead atoms. The minimum absolute atomic E-state index is 0.126. The van der Waals surface area contributed by atoms with Gasteiger partial charge in [0.1, 0.15) is 17.7 Å². The molecule has 2 atom stereocenters. The molecule has 8 heteroatoms. The van der Waals surface area contributed by atoms with Gasteiger partial charge in [0.25, 0.3) is 0 Å². The number of nitrogens with one attached hydrogen (secondary N) is 2. The molecule has 0 spiro atoms. The Labute approximate surface area is 223 Å². The van der Waals surface area contributed by atoms with E-state index < -0.39 is 36.3 Å². The van der Waals surface area contributed by atoms with Gasteiger partial charge in [-0.3, -0.25) is 9.59 Å². The van der Waals surface area contributed by atoms with Crippen LogP contribution in [0.1, 0.15) is 103 Å². The number of ether oxygens (including phenoxy) is 1. The number of alkyl carbamates (subject to hydrolysis) is 1. The van der Waals surface area contributed by atoms with E-state index in [0.29, 0.717) is 13.0 Å². The Kier molecular flexibility index (Phi) is 13.7. The molecule has 0 radical (unpaired) electrons. The molecule has 0 fully saturated rings. The van der Waals surface area contributed by atoms with Crippen molar-refractivity contribution < 1.29 is 24.2 Å². The van der Waals surface area contributed by atoms with Crippen molar-refractivity contribution in [3.8, 4) is 0 Å². The molecule has 3 amide bonds. The van der Waals surface area contributed by atoms with Crippen LogP contribution in [0.3, 0.4) is 0 Å². The summed E-state index contributed by atoms with van der Waals surface area (Å²) in [4.78, 5) is 41.5. The van der Waals surface area contributed by atoms with Crippen molar-refractivity contribution in [3.05, 3.63) is 34.9 Å². The Bertz CT molecular complexity index is 859. The van der Waals surface area contributed by atoms with Crippen LogP contribution in [0.5, 0.6) is 0 Å². The molecular weight excluding hydrogens is 470 g/mol. The summed E-state index contributed by atoms with van der Waals surface area (Å²) in [5.74, 6) is -0.811. The zero-order chi connectivity index (χ0) is 28.2. The van der Waals surface area contributed by atoms with Gasteiger partial charge in [-0.05, 0) is 71.6 Å². The average molecular weight is 520 g/mol. The molecular formula is C29H49N3O5. The van der Waals surface area contributed by atoms with E-state index >= 15 is 0 Å². The predicted molar refractivity (Wildman–Crippen MR) is 147 cm³/mol. The number of amides is 3. The molecule has 0 aliphatic heterocycles. The minimum Gasteiger partial charge on any atom is -0.444 e. The molecule has 0 aliphatic carbocycles. The number of hydrogen-bond acceptors (Lipinski definition) is 5. The first-order valence-electron chi connectivity index (χ1n) is 13.6. The van der Waals surface area contributed by atoms with Crippen LogP contribution < -0.4 is 10.6 Å². The van der Waals surface area contributed by atoms with Gasteiger partial charge in [0.2, 0.25) is 11.8 Å². The van der Waals surface area contributed by atoms with E-state index in [1.54, 1.807) is 20.8 Å². The smallest absolute Gasteiger partial charge is 0.408 e. The van der Waals surface area contributed by atoms with Crippen molar-refractivity contribution in [2.24, 2.45) is 0 Å². The fourth-order valence-electron chi connectivity index (χ4n) is 4.32. The molecule has 8 nitrogen and oxygen atoms in total. The fourth-order valence-corrected chi connectivity index (χ4v) is 4.32. The lowest BCUT2D eigenvalue weighted by Gasteiger charge is -2.36. The van der Waals surface area contributed by atoms with E-state index in [-0.39, 0.29) is 11.9 Å². The lowest BCUT2D eigenvalue weighted by molar-refractivity contribution is -0.143. The second kappa shape index (κ2) is 15.6. The molecule has 0 saturated carbocycles. The van der Waals surface area contributed by atoms with Gasteiger partial charge in [-0.25, -0.2) is 4.79 Å². The lowest BCUT2D eigenvalue weighted by atomic mass is 9.93. The molecule has 0 aromatic heterocycles. The Morgan fingerprint density at radius 2 is 1.54 bits per heavy atom. The maximum absolute atomic E-state index is 13.9. The van der Waals surface area contributed by atoms with Gasteiger partial charge in [-0.15, -0.1) is 0 Å². The number of carbonyl (C=O) groups is 3. The first-order chi connectivity index (χ1) is 17.3. The van der Waals surface area contributed by atoms with Crippen LogP contribution in [0.15, 0.2) is 18.2 Å². The highest BCUT2D eigenvalue weighted by Gasteiger charge is 2.37. The first-order valence-corrected chi connectivity index (χ1v) is 13.6. The Balaban J connectivity index is 3.41. The molecule has 37 heavy (non-hydrogen) atoms. The third-order valence-corrected chi connectivity index (χ3v) is 6.01. The van der Waals surface area contributed by atoms with Gasteiger partial charge < -0.3 is 25.4 Å². The fraction of sp³-hybridized carbons (Fsp3) is 0.690. The number of hydrogen-bond donors (Lipinski definition) is 3. The topological polar surface area (TPSA) is 108 Å². The monoisotopic (exact) mass is 519 g/mol. The molecule has 1 aromatic rings. The number of aliphatic hydroxyl groups is 1. The van der Waals surface area contributed by atoms with E-state index in [1.165, 1.54) is 4.90 Å². The third kappa shape index (κ3) is 11.1. The van der Waals surface area contributed by atoms with E-state index in [2.05, 4.69) is 17.6 Å². The van der Waals surface area contributed by atoms with Crippen LogP contribution in [0.4, 0.5) is 4.79 Å². The number of benzene rings is 1. The number of aliphatic hydroxyl groups excluding tert-OH is 1. The summed E-state index contributed by atoms with van der Waals surface area (Å²) in [7, 11) is 0. The third-order valence-electron chi connectivity index (χ3n) is 6.01. The van der Waals surface area contributed by atoms with E-state index in [4.69, 9.17) is 4.74 Å². The van der Waals surface area contributed by atoms with E-state index in [9.17, 15) is 19.5 Å². The van der Waals surface area contributed by atoms with Gasteiger partial charge in [0, 0.05) is 12.6 Å². The minimum atomic E-state index is -1.24. The lowest BCUT2D eigenvalue weighted by Crippen LogP contribution is -2.55. The largest absolute Gasteiger partial charge is 0.444 e. The van der Waals surface area contributed by atoms with Gasteiger partial charge in [-0.1, -0.05) is 57.2 Å². The highest BCUT2D eigenvalue weighted by molar-refractivity contribution is 5.92. The predicted octanol–water partition coefficient (Wildman–Crippen LogP) is 4.94. The summed E-state index contributed by atoms with van der Waals surface area (Å²) < 4.78 is 5.31. The standard InChI is InChI=1S/C29H49N3O5/c1-9-10-11-12-13-14-18-32(27(35)23(19-33)31-28(36)37-29(6,7)8)25(26(34)30-20(2)3)24-21(4)16-15-17-22(24)5/h15-17,20,23,25,33H,9-14,18-19H2,1-8H3,(H,30,34)(H,31,36). The Hall–Kier alpha value is -2.61. The van der Waals surface area contributed by atoms with Crippen molar-refractivity contribution in [2.75, 3.05) is 13.2 Å². The molecule has 2 unspecified atom stereocenters. The summed E-state index contributed by atoms with van der Waals surface area (Å²) in [6.07, 6.45) is 5.30. The molecule has 0 heterocycles. The summed E-state index contributed by atoms with van der Waals surface area (Å²) >= 11 is 0. The highest BCUT2D eigenvalue weighted by atomic mass is 16.6. The number of aryl methyl sites for hydroxylation is 2. The molecule has 1 aromatic carbocycles. The number of unbranched alkanes of at least 4 members (excludes halogenated alkanes) is 5. The zero-order valence-corrected chi connectivity index (χ0v) is 24.1. The Morgan fingerprint density at radius 1 is 0.973 bits per heavy atom. The number of nitrogens with zero attached hydrogens (tertiary/aromatic N) is 1. The zero-order valence-electron chi connectivity index (χ0n) is 24.1. The summed E-state index contributed by atoms with van der Waals surface area (Å²) in [6, 6.07) is 3.50. The van der Waals surface area contributed by atoms with Crippen LogP contribution >= 0.6 is 0 Å². The normalized spacial score (nSPS) is 13.1. The van der Waals surface area contributed by atoms with E-state index in [1.807, 2.05) is 45.9 Å². The van der Waals surface area contributed by atoms with Gasteiger partial charge >= 0.3 is 6.09 Å². The molecule has 0 saturated heterocycles. The van der Waals surface area contributed by atoms with Gasteiger partial charge in [-0.2, -0.15) is 0 Å². The maximum atomic E-state index is 13.9. The maximum Gasteiger partial charge on any atom is 0.408 e. The second-order valence-corrected chi connectivity index (χ2v) is 11.1. The second-order valence-electron chi connectivity index (χ2n) is 11.1. The molecule has 3 N–H and O–H groups in total. The number of rotatable bonds is 14. The molecule has 210 valence electrons. The van der Waals surface area contributed by atoms with Crippen molar-refractivity contribution >= 4 is 17.9 Å². The van der Waals surface area contributed by atoms with Crippen LogP contribution in [0.2, 0.25) is 0 Å². The van der Waals surface area contributed by atoms with Crippen molar-refractivity contribution in [2.45, 2.75) is 118 Å². The summed E-state index contributed by atoms with van der Waals surface area (Å²) in [5.41, 5.74) is 1.79. The van der Waals surface area contributed by atoms with Crippen LogP contribution in [0.25, 0.3) is 0 Å². The first kappa shape index (κ1) is 32.4. The van der Waals surface area contributed by atoms with Crippen molar-refractivity contribution in [1.29, 1.82) is 0 Å². The van der Waals surface area contributed by atoms with Crippen molar-refractivity contribution in [3.63, 3.8) is 0 Å². The van der Waals surface area contributed by atoms with Gasteiger partial charge in [0.05, 0.1) is 6.61 Å². The van der Waals surface area contributed by atoms with Crippen LogP contribution in [0, 0.1) is 13.8 Å². The summed E-state index contributed by atoms with van der Waals surface area (Å²) in [5, 5.41) is 15.6. The Morgan fingerprint density at radius 3 is 2.05 bits per heavy atom. The van der Waals surface area contributed by atoms with Crippen LogP contribution in [-0.4, -0.2) is 58.8 Å².